The Morgan fingerprint density at radius 1 is 1.38 bits per heavy atom. The highest BCUT2D eigenvalue weighted by molar-refractivity contribution is 5.77. The maximum atomic E-state index is 13.6. The van der Waals surface area contributed by atoms with Gasteiger partial charge in [0.25, 0.3) is 0 Å². The Labute approximate surface area is 120 Å². The van der Waals surface area contributed by atoms with Gasteiger partial charge in [0.2, 0.25) is 0 Å². The second-order valence-electron chi connectivity index (χ2n) is 5.03. The highest BCUT2D eigenvalue weighted by Crippen LogP contribution is 2.49. The standard InChI is InChI=1S/C15H14F2N2O2/c16-13-4-1-3-10(14(13)17)11-9-12(11)15(20)21-8-7-19-6-2-5-18-19/h1-6,11-12H,7-9H2/t11-,12+/m1/s1. The Hall–Kier alpha value is -2.24. The van der Waals surface area contributed by atoms with Gasteiger partial charge < -0.3 is 4.74 Å². The lowest BCUT2D eigenvalue weighted by atomic mass is 10.1. The second-order valence-corrected chi connectivity index (χ2v) is 5.03. The third-order valence-electron chi connectivity index (χ3n) is 3.60. The molecule has 0 amide bonds. The van der Waals surface area contributed by atoms with Crippen molar-refractivity contribution in [3.05, 3.63) is 53.9 Å². The van der Waals surface area contributed by atoms with E-state index in [4.69, 9.17) is 4.74 Å². The topological polar surface area (TPSA) is 44.1 Å². The summed E-state index contributed by atoms with van der Waals surface area (Å²) in [5.74, 6) is -2.77. The fourth-order valence-electron chi connectivity index (χ4n) is 2.39. The fraction of sp³-hybridized carbons (Fsp3) is 0.333. The zero-order valence-corrected chi connectivity index (χ0v) is 11.2. The van der Waals surface area contributed by atoms with E-state index in [-0.39, 0.29) is 30.0 Å². The summed E-state index contributed by atoms with van der Waals surface area (Å²) < 4.78 is 33.6. The smallest absolute Gasteiger partial charge is 0.309 e. The molecule has 1 aliphatic carbocycles. The minimum atomic E-state index is -0.884. The minimum absolute atomic E-state index is 0.218. The first-order valence-electron chi connectivity index (χ1n) is 6.75. The Bertz CT molecular complexity index is 643. The van der Waals surface area contributed by atoms with Crippen molar-refractivity contribution < 1.29 is 18.3 Å². The molecular formula is C15H14F2N2O2. The van der Waals surface area contributed by atoms with Gasteiger partial charge in [-0.3, -0.25) is 9.48 Å². The van der Waals surface area contributed by atoms with Crippen molar-refractivity contribution in [2.24, 2.45) is 5.92 Å². The number of carbonyl (C=O) groups excluding carboxylic acids is 1. The van der Waals surface area contributed by atoms with Crippen LogP contribution in [-0.4, -0.2) is 22.4 Å². The molecule has 3 rings (SSSR count). The molecular weight excluding hydrogens is 278 g/mol. The Kier molecular flexibility index (Phi) is 3.68. The molecule has 0 saturated heterocycles. The molecule has 1 heterocycles. The van der Waals surface area contributed by atoms with Gasteiger partial charge in [0.05, 0.1) is 12.5 Å². The predicted octanol–water partition coefficient (Wildman–Crippen LogP) is 2.51. The molecule has 6 heteroatoms. The lowest BCUT2D eigenvalue weighted by Gasteiger charge is -2.05. The van der Waals surface area contributed by atoms with E-state index in [1.807, 2.05) is 0 Å². The Morgan fingerprint density at radius 3 is 3.00 bits per heavy atom. The van der Waals surface area contributed by atoms with Crippen LogP contribution >= 0.6 is 0 Å². The Balaban J connectivity index is 1.52. The van der Waals surface area contributed by atoms with E-state index >= 15 is 0 Å². The molecule has 21 heavy (non-hydrogen) atoms. The minimum Gasteiger partial charge on any atom is -0.463 e. The molecule has 0 unspecified atom stereocenters. The van der Waals surface area contributed by atoms with Crippen LogP contribution in [0.5, 0.6) is 0 Å². The molecule has 1 saturated carbocycles. The molecule has 0 radical (unpaired) electrons. The summed E-state index contributed by atoms with van der Waals surface area (Å²) in [5.41, 5.74) is 0.254. The van der Waals surface area contributed by atoms with Crippen molar-refractivity contribution in [3.8, 4) is 0 Å². The van der Waals surface area contributed by atoms with Gasteiger partial charge in [-0.25, -0.2) is 8.78 Å². The molecule has 1 aromatic carbocycles. The van der Waals surface area contributed by atoms with Gasteiger partial charge in [-0.15, -0.1) is 0 Å². The summed E-state index contributed by atoms with van der Waals surface area (Å²) in [7, 11) is 0. The lowest BCUT2D eigenvalue weighted by Crippen LogP contribution is -2.13. The van der Waals surface area contributed by atoms with Gasteiger partial charge in [0, 0.05) is 18.3 Å². The molecule has 1 aliphatic rings. The van der Waals surface area contributed by atoms with E-state index in [1.165, 1.54) is 12.1 Å². The van der Waals surface area contributed by atoms with Crippen LogP contribution < -0.4 is 0 Å². The number of ether oxygens (including phenoxy) is 1. The normalized spacial score (nSPS) is 20.3. The van der Waals surface area contributed by atoms with Gasteiger partial charge in [-0.2, -0.15) is 5.10 Å². The first-order chi connectivity index (χ1) is 10.2. The molecule has 0 spiro atoms. The number of halogens is 2. The van der Waals surface area contributed by atoms with Crippen LogP contribution in [0, 0.1) is 17.6 Å². The van der Waals surface area contributed by atoms with E-state index in [1.54, 1.807) is 23.1 Å². The first-order valence-corrected chi connectivity index (χ1v) is 6.75. The van der Waals surface area contributed by atoms with E-state index in [2.05, 4.69) is 5.10 Å². The summed E-state index contributed by atoms with van der Waals surface area (Å²) in [5, 5.41) is 3.99. The maximum Gasteiger partial charge on any atom is 0.309 e. The largest absolute Gasteiger partial charge is 0.463 e. The number of esters is 1. The quantitative estimate of drug-likeness (QED) is 0.795. The van der Waals surface area contributed by atoms with Crippen molar-refractivity contribution in [2.75, 3.05) is 6.61 Å². The highest BCUT2D eigenvalue weighted by Gasteiger charge is 2.46. The third-order valence-corrected chi connectivity index (χ3v) is 3.60. The summed E-state index contributed by atoms with van der Waals surface area (Å²) in [6, 6.07) is 5.82. The van der Waals surface area contributed by atoms with Crippen LogP contribution in [0.15, 0.2) is 36.7 Å². The summed E-state index contributed by atoms with van der Waals surface area (Å²) in [4.78, 5) is 11.8. The van der Waals surface area contributed by atoms with Crippen LogP contribution in [-0.2, 0) is 16.1 Å². The molecule has 1 aromatic heterocycles. The Morgan fingerprint density at radius 2 is 2.24 bits per heavy atom. The van der Waals surface area contributed by atoms with Gasteiger partial charge in [0.15, 0.2) is 11.6 Å². The van der Waals surface area contributed by atoms with E-state index in [0.29, 0.717) is 13.0 Å². The highest BCUT2D eigenvalue weighted by atomic mass is 19.2. The molecule has 0 aliphatic heterocycles. The predicted molar refractivity (Wildman–Crippen MR) is 70.4 cm³/mol. The number of hydrogen-bond donors (Lipinski definition) is 0. The van der Waals surface area contributed by atoms with Crippen molar-refractivity contribution >= 4 is 5.97 Å². The van der Waals surface area contributed by atoms with Gasteiger partial charge in [0.1, 0.15) is 6.61 Å². The van der Waals surface area contributed by atoms with Crippen LogP contribution in [0.4, 0.5) is 8.78 Å². The lowest BCUT2D eigenvalue weighted by molar-refractivity contribution is -0.145. The molecule has 110 valence electrons. The number of hydrogen-bond acceptors (Lipinski definition) is 3. The number of carbonyl (C=O) groups is 1. The van der Waals surface area contributed by atoms with Crippen molar-refractivity contribution in [2.45, 2.75) is 18.9 Å². The van der Waals surface area contributed by atoms with Crippen LogP contribution in [0.3, 0.4) is 0 Å². The average Bonchev–Trinajstić information content (AvgIpc) is 3.10. The van der Waals surface area contributed by atoms with Gasteiger partial charge >= 0.3 is 5.97 Å². The molecule has 1 fully saturated rings. The maximum absolute atomic E-state index is 13.6. The number of aromatic nitrogens is 2. The molecule has 0 bridgehead atoms. The summed E-state index contributed by atoms with van der Waals surface area (Å²) >= 11 is 0. The summed E-state index contributed by atoms with van der Waals surface area (Å²) in [6.45, 7) is 0.694. The molecule has 2 atom stereocenters. The average molecular weight is 292 g/mol. The zero-order valence-electron chi connectivity index (χ0n) is 11.2. The van der Waals surface area contributed by atoms with Crippen LogP contribution in [0.2, 0.25) is 0 Å². The third kappa shape index (κ3) is 2.94. The monoisotopic (exact) mass is 292 g/mol. The van der Waals surface area contributed by atoms with Crippen LogP contribution in [0.25, 0.3) is 0 Å². The van der Waals surface area contributed by atoms with Crippen molar-refractivity contribution in [1.29, 1.82) is 0 Å². The first kappa shape index (κ1) is 13.7. The zero-order chi connectivity index (χ0) is 14.8. The number of nitrogens with zero attached hydrogens (tertiary/aromatic N) is 2. The number of benzene rings is 1. The SMILES string of the molecule is O=C(OCCn1cccn1)[C@H]1C[C@@H]1c1cccc(F)c1F. The fourth-order valence-corrected chi connectivity index (χ4v) is 2.39. The van der Waals surface area contributed by atoms with E-state index in [0.717, 1.165) is 6.07 Å². The number of rotatable bonds is 5. The van der Waals surface area contributed by atoms with E-state index in [9.17, 15) is 13.6 Å². The van der Waals surface area contributed by atoms with E-state index < -0.39 is 11.6 Å². The van der Waals surface area contributed by atoms with Crippen molar-refractivity contribution in [1.82, 2.24) is 9.78 Å². The van der Waals surface area contributed by atoms with Crippen molar-refractivity contribution in [3.63, 3.8) is 0 Å². The second kappa shape index (κ2) is 5.63. The molecule has 0 N–H and O–H groups in total. The summed E-state index contributed by atoms with van der Waals surface area (Å²) in [6.07, 6.45) is 3.92. The van der Waals surface area contributed by atoms with Gasteiger partial charge in [-0.1, -0.05) is 12.1 Å². The van der Waals surface area contributed by atoms with Gasteiger partial charge in [-0.05, 0) is 24.1 Å². The molecule has 2 aromatic rings. The molecule has 4 nitrogen and oxygen atoms in total. The van der Waals surface area contributed by atoms with Crippen LogP contribution in [0.1, 0.15) is 17.9 Å².